The minimum absolute atomic E-state index is 0.147. The lowest BCUT2D eigenvalue weighted by molar-refractivity contribution is 0.660. The number of anilines is 6. The van der Waals surface area contributed by atoms with E-state index in [2.05, 4.69) is 232 Å². The lowest BCUT2D eigenvalue weighted by Crippen LogP contribution is -2.16. The molecule has 266 valence electrons. The highest BCUT2D eigenvalue weighted by molar-refractivity contribution is 5.90. The molecule has 0 saturated carbocycles. The standard InChI is InChI=1S/C53H44N2/c1-37-31-38(2)33-48(32-37)55(46-27-24-41-13-11-12-14-42(41)35-46)45-25-21-39(22-26-45)19-20-40-23-29-49-50-30-28-47(36-52(50)53(3,4)51(49)34-40)54(43-15-7-5-8-16-43)44-17-9-6-10-18-44/h5-36H,1-4H3. The van der Waals surface area contributed by atoms with Crippen LogP contribution < -0.4 is 9.80 Å². The van der Waals surface area contributed by atoms with Crippen LogP contribution in [0.1, 0.15) is 47.2 Å². The predicted molar refractivity (Wildman–Crippen MR) is 236 cm³/mol. The molecule has 0 heterocycles. The molecule has 2 nitrogen and oxygen atoms in total. The maximum atomic E-state index is 2.39. The van der Waals surface area contributed by atoms with E-state index in [0.717, 1.165) is 39.7 Å². The summed E-state index contributed by atoms with van der Waals surface area (Å²) in [6.07, 6.45) is 4.48. The molecule has 9 rings (SSSR count). The van der Waals surface area contributed by atoms with Crippen molar-refractivity contribution in [3.05, 3.63) is 215 Å². The van der Waals surface area contributed by atoms with Crippen LogP contribution in [0.2, 0.25) is 0 Å². The Morgan fingerprint density at radius 1 is 0.364 bits per heavy atom. The summed E-state index contributed by atoms with van der Waals surface area (Å²) in [4.78, 5) is 4.71. The summed E-state index contributed by atoms with van der Waals surface area (Å²) < 4.78 is 0. The number of hydrogen-bond donors (Lipinski definition) is 0. The molecule has 8 aromatic carbocycles. The van der Waals surface area contributed by atoms with Gasteiger partial charge in [-0.1, -0.05) is 135 Å². The van der Waals surface area contributed by atoms with Crippen molar-refractivity contribution in [1.82, 2.24) is 0 Å². The van der Waals surface area contributed by atoms with Gasteiger partial charge in [0.2, 0.25) is 0 Å². The molecular formula is C53H44N2. The first-order valence-electron chi connectivity index (χ1n) is 19.2. The summed E-state index contributed by atoms with van der Waals surface area (Å²) in [5, 5.41) is 2.48. The van der Waals surface area contributed by atoms with Gasteiger partial charge in [-0.3, -0.25) is 0 Å². The van der Waals surface area contributed by atoms with Gasteiger partial charge >= 0.3 is 0 Å². The molecule has 0 unspecified atom stereocenters. The summed E-state index contributed by atoms with van der Waals surface area (Å²) >= 11 is 0. The highest BCUT2D eigenvalue weighted by Crippen LogP contribution is 2.51. The normalized spacial score (nSPS) is 12.8. The highest BCUT2D eigenvalue weighted by atomic mass is 15.1. The van der Waals surface area contributed by atoms with Gasteiger partial charge in [0.1, 0.15) is 0 Å². The van der Waals surface area contributed by atoms with Crippen molar-refractivity contribution in [1.29, 1.82) is 0 Å². The number of rotatable bonds is 8. The molecule has 0 saturated heterocycles. The molecule has 0 amide bonds. The van der Waals surface area contributed by atoms with Crippen LogP contribution >= 0.6 is 0 Å². The van der Waals surface area contributed by atoms with Crippen LogP contribution in [0.25, 0.3) is 34.1 Å². The second-order valence-electron chi connectivity index (χ2n) is 15.3. The summed E-state index contributed by atoms with van der Waals surface area (Å²) in [6, 6.07) is 66.2. The third-order valence-electron chi connectivity index (χ3n) is 11.0. The molecule has 0 atom stereocenters. The van der Waals surface area contributed by atoms with E-state index in [1.165, 1.54) is 49.7 Å². The van der Waals surface area contributed by atoms with Crippen LogP contribution in [0.5, 0.6) is 0 Å². The Bertz CT molecular complexity index is 2630. The fourth-order valence-electron chi connectivity index (χ4n) is 8.36. The molecule has 0 fully saturated rings. The van der Waals surface area contributed by atoms with Crippen LogP contribution in [-0.4, -0.2) is 0 Å². The molecule has 0 bridgehead atoms. The van der Waals surface area contributed by atoms with Crippen molar-refractivity contribution in [3.8, 4) is 11.1 Å². The Morgan fingerprint density at radius 2 is 0.836 bits per heavy atom. The van der Waals surface area contributed by atoms with Gasteiger partial charge in [0.15, 0.2) is 0 Å². The quantitative estimate of drug-likeness (QED) is 0.145. The molecule has 1 aliphatic rings. The van der Waals surface area contributed by atoms with Crippen LogP contribution in [0.4, 0.5) is 34.1 Å². The molecule has 0 aromatic heterocycles. The number of hydrogen-bond acceptors (Lipinski definition) is 2. The van der Waals surface area contributed by atoms with E-state index < -0.39 is 0 Å². The first-order valence-corrected chi connectivity index (χ1v) is 19.2. The van der Waals surface area contributed by atoms with E-state index in [0.29, 0.717) is 0 Å². The van der Waals surface area contributed by atoms with Gasteiger partial charge in [0, 0.05) is 39.5 Å². The van der Waals surface area contributed by atoms with E-state index in [-0.39, 0.29) is 5.41 Å². The maximum absolute atomic E-state index is 2.39. The van der Waals surface area contributed by atoms with Gasteiger partial charge in [0.05, 0.1) is 0 Å². The molecule has 0 N–H and O–H groups in total. The van der Waals surface area contributed by atoms with Crippen LogP contribution in [0.3, 0.4) is 0 Å². The zero-order valence-corrected chi connectivity index (χ0v) is 31.9. The number of fused-ring (bicyclic) bond motifs is 4. The summed E-state index contributed by atoms with van der Waals surface area (Å²) in [5.74, 6) is 0. The number of aryl methyl sites for hydroxylation is 2. The summed E-state index contributed by atoms with van der Waals surface area (Å²) in [7, 11) is 0. The predicted octanol–water partition coefficient (Wildman–Crippen LogP) is 14.9. The second kappa shape index (κ2) is 14.0. The molecule has 2 heteroatoms. The largest absolute Gasteiger partial charge is 0.310 e. The third-order valence-corrected chi connectivity index (χ3v) is 11.0. The number of nitrogens with zero attached hydrogens (tertiary/aromatic N) is 2. The van der Waals surface area contributed by atoms with Crippen molar-refractivity contribution in [2.45, 2.75) is 33.1 Å². The van der Waals surface area contributed by atoms with E-state index in [1.807, 2.05) is 0 Å². The van der Waals surface area contributed by atoms with E-state index >= 15 is 0 Å². The topological polar surface area (TPSA) is 6.48 Å². The average molecular weight is 709 g/mol. The number of para-hydroxylation sites is 2. The Hall–Kier alpha value is -6.64. The zero-order chi connectivity index (χ0) is 37.5. The summed E-state index contributed by atoms with van der Waals surface area (Å²) in [6.45, 7) is 9.06. The average Bonchev–Trinajstić information content (AvgIpc) is 3.43. The molecule has 0 spiro atoms. The molecule has 0 aliphatic heterocycles. The minimum atomic E-state index is -0.147. The highest BCUT2D eigenvalue weighted by Gasteiger charge is 2.36. The lowest BCUT2D eigenvalue weighted by Gasteiger charge is -2.28. The fraction of sp³-hybridized carbons (Fsp3) is 0.0943. The van der Waals surface area contributed by atoms with Crippen molar-refractivity contribution in [2.24, 2.45) is 0 Å². The zero-order valence-electron chi connectivity index (χ0n) is 31.9. The second-order valence-corrected chi connectivity index (χ2v) is 15.3. The number of benzene rings is 8. The maximum Gasteiger partial charge on any atom is 0.0468 e. The first-order chi connectivity index (χ1) is 26.8. The van der Waals surface area contributed by atoms with Crippen molar-refractivity contribution >= 4 is 57.0 Å². The van der Waals surface area contributed by atoms with E-state index in [9.17, 15) is 0 Å². The Kier molecular flexibility index (Phi) is 8.67. The molecule has 0 radical (unpaired) electrons. The minimum Gasteiger partial charge on any atom is -0.310 e. The molecule has 55 heavy (non-hydrogen) atoms. The third kappa shape index (κ3) is 6.51. The van der Waals surface area contributed by atoms with Crippen molar-refractivity contribution < 1.29 is 0 Å². The van der Waals surface area contributed by atoms with Crippen LogP contribution in [0, 0.1) is 13.8 Å². The summed E-state index contributed by atoms with van der Waals surface area (Å²) in [5.41, 5.74) is 17.0. The van der Waals surface area contributed by atoms with E-state index in [4.69, 9.17) is 0 Å². The van der Waals surface area contributed by atoms with Gasteiger partial charge in [-0.2, -0.15) is 0 Å². The molecule has 1 aliphatic carbocycles. The van der Waals surface area contributed by atoms with E-state index in [1.54, 1.807) is 0 Å². The SMILES string of the molecule is Cc1cc(C)cc(N(c2ccc(C=Cc3ccc4c(c3)C(C)(C)c3cc(N(c5ccccc5)c5ccccc5)ccc3-4)cc2)c2ccc3ccccc3c2)c1. The first kappa shape index (κ1) is 34.1. The Morgan fingerprint density at radius 3 is 1.51 bits per heavy atom. The van der Waals surface area contributed by atoms with Gasteiger partial charge < -0.3 is 9.80 Å². The fourth-order valence-corrected chi connectivity index (χ4v) is 8.36. The molecular weight excluding hydrogens is 665 g/mol. The van der Waals surface area contributed by atoms with Crippen LogP contribution in [-0.2, 0) is 5.41 Å². The van der Waals surface area contributed by atoms with Gasteiger partial charge in [-0.15, -0.1) is 0 Å². The monoisotopic (exact) mass is 708 g/mol. The van der Waals surface area contributed by atoms with Gasteiger partial charge in [-0.25, -0.2) is 0 Å². The van der Waals surface area contributed by atoms with Crippen LogP contribution in [0.15, 0.2) is 182 Å². The molecule has 8 aromatic rings. The van der Waals surface area contributed by atoms with Crippen molar-refractivity contribution in [3.63, 3.8) is 0 Å². The van der Waals surface area contributed by atoms with Crippen molar-refractivity contribution in [2.75, 3.05) is 9.80 Å². The Labute approximate surface area is 325 Å². The lowest BCUT2D eigenvalue weighted by atomic mass is 9.81. The van der Waals surface area contributed by atoms with Gasteiger partial charge in [-0.05, 0) is 142 Å². The van der Waals surface area contributed by atoms with Gasteiger partial charge in [0.25, 0.3) is 0 Å². The Balaban J connectivity index is 1.01. The smallest absolute Gasteiger partial charge is 0.0468 e.